The molecule has 0 fully saturated rings. The molecule has 10 nitrogen and oxygen atoms in total. The third kappa shape index (κ3) is 5.56. The quantitative estimate of drug-likeness (QED) is 0.293. The van der Waals surface area contributed by atoms with Gasteiger partial charge in [-0.3, -0.25) is 14.9 Å². The van der Waals surface area contributed by atoms with E-state index in [9.17, 15) is 23.3 Å². The van der Waals surface area contributed by atoms with Gasteiger partial charge in [0.25, 0.3) is 5.69 Å². The van der Waals surface area contributed by atoms with Gasteiger partial charge in [0, 0.05) is 26.3 Å². The molecule has 0 saturated carbocycles. The van der Waals surface area contributed by atoms with Gasteiger partial charge in [-0.05, 0) is 6.07 Å². The number of nitrogens with zero attached hydrogens (tertiary/aromatic N) is 1. The number of methoxy groups -OCH3 is 1. The van der Waals surface area contributed by atoms with Gasteiger partial charge in [-0.25, -0.2) is 13.1 Å². The molecule has 1 amide bonds. The highest BCUT2D eigenvalue weighted by atomic mass is 32.2. The fourth-order valence-electron chi connectivity index (χ4n) is 1.67. The summed E-state index contributed by atoms with van der Waals surface area (Å²) < 4.78 is 31.0. The summed E-state index contributed by atoms with van der Waals surface area (Å²) in [5.74, 6) is -0.489. The number of rotatable bonds is 9. The number of benzene rings is 1. The average molecular weight is 346 g/mol. The van der Waals surface area contributed by atoms with Gasteiger partial charge in [0.05, 0.1) is 11.5 Å². The zero-order valence-electron chi connectivity index (χ0n) is 12.4. The van der Waals surface area contributed by atoms with Crippen molar-refractivity contribution in [2.75, 3.05) is 26.8 Å². The largest absolute Gasteiger partial charge is 0.383 e. The van der Waals surface area contributed by atoms with E-state index in [0.29, 0.717) is 0 Å². The molecule has 4 N–H and O–H groups in total. The third-order valence-corrected chi connectivity index (χ3v) is 4.26. The van der Waals surface area contributed by atoms with Gasteiger partial charge in [-0.15, -0.1) is 0 Å². The van der Waals surface area contributed by atoms with Gasteiger partial charge < -0.3 is 15.8 Å². The summed E-state index contributed by atoms with van der Waals surface area (Å²) in [6.45, 7) is -0.121. The van der Waals surface area contributed by atoms with Crippen molar-refractivity contribution >= 4 is 21.6 Å². The van der Waals surface area contributed by atoms with Gasteiger partial charge in [0.2, 0.25) is 15.9 Å². The molecule has 1 aromatic carbocycles. The number of nitro groups is 1. The van der Waals surface area contributed by atoms with Crippen LogP contribution in [0.3, 0.4) is 0 Å². The van der Waals surface area contributed by atoms with Crippen LogP contribution >= 0.6 is 0 Å². The minimum atomic E-state index is -4.06. The molecule has 1 rings (SSSR count). The van der Waals surface area contributed by atoms with Gasteiger partial charge >= 0.3 is 0 Å². The van der Waals surface area contributed by atoms with Crippen molar-refractivity contribution in [1.82, 2.24) is 10.0 Å². The number of carbonyl (C=O) groups excluding carboxylic acids is 1. The second-order valence-electron chi connectivity index (χ2n) is 4.48. The SMILES string of the molecule is COCC(N)C(=O)NCCNS(=O)(=O)c1ccccc1[N+](=O)[O-]. The molecule has 0 saturated heterocycles. The molecule has 0 spiro atoms. The van der Waals surface area contributed by atoms with Crippen LogP contribution in [0.25, 0.3) is 0 Å². The van der Waals surface area contributed by atoms with E-state index in [1.165, 1.54) is 19.2 Å². The molecule has 1 unspecified atom stereocenters. The number of hydrogen-bond donors (Lipinski definition) is 3. The maximum atomic E-state index is 12.1. The van der Waals surface area contributed by atoms with Crippen molar-refractivity contribution in [3.8, 4) is 0 Å². The molecule has 23 heavy (non-hydrogen) atoms. The molecular formula is C12H18N4O6S. The van der Waals surface area contributed by atoms with Crippen LogP contribution in [0.15, 0.2) is 29.2 Å². The van der Waals surface area contributed by atoms with Crippen molar-refractivity contribution in [2.24, 2.45) is 5.73 Å². The third-order valence-electron chi connectivity index (χ3n) is 2.75. The fourth-order valence-corrected chi connectivity index (χ4v) is 2.87. The number of nitro benzene ring substituents is 1. The maximum absolute atomic E-state index is 12.1. The molecule has 0 bridgehead atoms. The van der Waals surface area contributed by atoms with Gasteiger partial charge in [-0.2, -0.15) is 0 Å². The van der Waals surface area contributed by atoms with Crippen LogP contribution < -0.4 is 15.8 Å². The molecule has 128 valence electrons. The molecule has 0 aromatic heterocycles. The molecule has 11 heteroatoms. The summed E-state index contributed by atoms with van der Waals surface area (Å²) in [5.41, 5.74) is 4.97. The predicted octanol–water partition coefficient (Wildman–Crippen LogP) is -1.04. The zero-order chi connectivity index (χ0) is 17.5. The summed E-state index contributed by atoms with van der Waals surface area (Å²) in [5, 5.41) is 13.3. The highest BCUT2D eigenvalue weighted by molar-refractivity contribution is 7.89. The van der Waals surface area contributed by atoms with Crippen LogP contribution in [0.2, 0.25) is 0 Å². The molecular weight excluding hydrogens is 328 g/mol. The first-order valence-corrected chi connectivity index (χ1v) is 8.03. The average Bonchev–Trinajstić information content (AvgIpc) is 2.51. The van der Waals surface area contributed by atoms with Crippen molar-refractivity contribution in [3.05, 3.63) is 34.4 Å². The highest BCUT2D eigenvalue weighted by Gasteiger charge is 2.24. The lowest BCUT2D eigenvalue weighted by Crippen LogP contribution is -2.45. The van der Waals surface area contributed by atoms with E-state index in [1.807, 2.05) is 0 Å². The van der Waals surface area contributed by atoms with E-state index in [2.05, 4.69) is 10.0 Å². The van der Waals surface area contributed by atoms with Crippen molar-refractivity contribution in [1.29, 1.82) is 0 Å². The van der Waals surface area contributed by atoms with Gasteiger partial charge in [0.15, 0.2) is 4.90 Å². The molecule has 1 atom stereocenters. The summed E-state index contributed by atoms with van der Waals surface area (Å²) in [7, 11) is -2.67. The van der Waals surface area contributed by atoms with Crippen LogP contribution in [0.5, 0.6) is 0 Å². The topological polar surface area (TPSA) is 154 Å². The van der Waals surface area contributed by atoms with E-state index in [1.54, 1.807) is 0 Å². The Labute approximate surface area is 133 Å². The Morgan fingerprint density at radius 1 is 1.39 bits per heavy atom. The highest BCUT2D eigenvalue weighted by Crippen LogP contribution is 2.22. The minimum absolute atomic E-state index is 0.0177. The maximum Gasteiger partial charge on any atom is 0.289 e. The fraction of sp³-hybridized carbons (Fsp3) is 0.417. The molecule has 0 heterocycles. The second kappa shape index (κ2) is 8.53. The molecule has 0 aliphatic carbocycles. The number of hydrogen-bond acceptors (Lipinski definition) is 7. The van der Waals surface area contributed by atoms with Gasteiger partial charge in [-0.1, -0.05) is 12.1 Å². The Morgan fingerprint density at radius 3 is 2.65 bits per heavy atom. The van der Waals surface area contributed by atoms with Crippen molar-refractivity contribution < 1.29 is 22.9 Å². The standard InChI is InChI=1S/C12H18N4O6S/c1-22-8-9(13)12(17)14-6-7-15-23(20,21)11-5-3-2-4-10(11)16(18)19/h2-5,9,15H,6-8,13H2,1H3,(H,14,17). The van der Waals surface area contributed by atoms with Crippen LogP contribution in [-0.4, -0.2) is 52.1 Å². The summed E-state index contributed by atoms with van der Waals surface area (Å²) in [4.78, 5) is 21.1. The Balaban J connectivity index is 2.61. The number of nitrogens with one attached hydrogen (secondary N) is 2. The molecule has 1 aromatic rings. The van der Waals surface area contributed by atoms with E-state index < -0.39 is 37.5 Å². The van der Waals surface area contributed by atoms with Gasteiger partial charge in [0.1, 0.15) is 6.04 Å². The first kappa shape index (κ1) is 19.0. The van der Waals surface area contributed by atoms with Crippen LogP contribution in [-0.2, 0) is 19.6 Å². The smallest absolute Gasteiger partial charge is 0.289 e. The normalized spacial score (nSPS) is 12.6. The Bertz CT molecular complexity index is 663. The predicted molar refractivity (Wildman–Crippen MR) is 81.1 cm³/mol. The van der Waals surface area contributed by atoms with E-state index in [4.69, 9.17) is 10.5 Å². The lowest BCUT2D eigenvalue weighted by atomic mass is 10.3. The molecule has 0 radical (unpaired) electrons. The van der Waals surface area contributed by atoms with Crippen molar-refractivity contribution in [3.63, 3.8) is 0 Å². The lowest BCUT2D eigenvalue weighted by Gasteiger charge is -2.11. The van der Waals surface area contributed by atoms with E-state index in [-0.39, 0.29) is 19.7 Å². The number of para-hydroxylation sites is 1. The monoisotopic (exact) mass is 346 g/mol. The van der Waals surface area contributed by atoms with E-state index >= 15 is 0 Å². The van der Waals surface area contributed by atoms with Crippen LogP contribution in [0.4, 0.5) is 5.69 Å². The number of ether oxygens (including phenoxy) is 1. The van der Waals surface area contributed by atoms with Crippen LogP contribution in [0, 0.1) is 10.1 Å². The summed E-state index contributed by atoms with van der Waals surface area (Å²) in [6, 6.07) is 4.13. The number of carbonyl (C=O) groups is 1. The Hall–Kier alpha value is -2.08. The van der Waals surface area contributed by atoms with Crippen molar-refractivity contribution in [2.45, 2.75) is 10.9 Å². The molecule has 0 aliphatic heterocycles. The van der Waals surface area contributed by atoms with E-state index in [0.717, 1.165) is 12.1 Å². The van der Waals surface area contributed by atoms with Crippen LogP contribution in [0.1, 0.15) is 0 Å². The zero-order valence-corrected chi connectivity index (χ0v) is 13.2. The second-order valence-corrected chi connectivity index (χ2v) is 6.21. The lowest BCUT2D eigenvalue weighted by molar-refractivity contribution is -0.387. The number of nitrogens with two attached hydrogens (primary N) is 1. The number of amides is 1. The first-order chi connectivity index (χ1) is 10.8. The summed E-state index contributed by atoms with van der Waals surface area (Å²) in [6.07, 6.45) is 0. The summed E-state index contributed by atoms with van der Waals surface area (Å²) >= 11 is 0. The Kier molecular flexibility index (Phi) is 7.03. The Morgan fingerprint density at radius 2 is 2.04 bits per heavy atom. The first-order valence-electron chi connectivity index (χ1n) is 6.55. The molecule has 0 aliphatic rings. The minimum Gasteiger partial charge on any atom is -0.383 e. The number of sulfonamides is 1.